The van der Waals surface area contributed by atoms with Crippen LogP contribution >= 0.6 is 0 Å². The number of alkyl halides is 3. The number of H-pyrrole nitrogens is 1. The highest BCUT2D eigenvalue weighted by molar-refractivity contribution is 5.13. The van der Waals surface area contributed by atoms with Gasteiger partial charge in [-0.05, 0) is 5.56 Å². The van der Waals surface area contributed by atoms with Crippen molar-refractivity contribution >= 4 is 0 Å². The van der Waals surface area contributed by atoms with Gasteiger partial charge in [0.2, 0.25) is 0 Å². The number of nitrogens with zero attached hydrogens (tertiary/aromatic N) is 1. The Kier molecular flexibility index (Phi) is 5.49. The molecule has 0 radical (unpaired) electrons. The zero-order chi connectivity index (χ0) is 19.6. The minimum Gasteiger partial charge on any atom is -0.394 e. The Balaban J connectivity index is 1.80. The quantitative estimate of drug-likeness (QED) is 0.811. The lowest BCUT2D eigenvalue weighted by Crippen LogP contribution is -2.36. The molecule has 146 valence electrons. The Hall–Kier alpha value is -2.43. The lowest BCUT2D eigenvalue weighted by molar-refractivity contribution is -0.139. The molecule has 1 unspecified atom stereocenters. The molecule has 0 saturated carbocycles. The maximum atomic E-state index is 12.9. The molecule has 1 aliphatic rings. The first-order valence-corrected chi connectivity index (χ1v) is 8.14. The molecule has 0 amide bonds. The number of halogens is 3. The highest BCUT2D eigenvalue weighted by Gasteiger charge is 2.39. The van der Waals surface area contributed by atoms with Crippen molar-refractivity contribution in [1.29, 1.82) is 0 Å². The van der Waals surface area contributed by atoms with Crippen LogP contribution in [0.2, 0.25) is 0 Å². The fraction of sp³-hybridized carbons (Fsp3) is 0.412. The van der Waals surface area contributed by atoms with Crippen LogP contribution in [-0.2, 0) is 22.3 Å². The molecule has 0 spiro atoms. The average molecular weight is 386 g/mol. The number of hydrogen-bond acceptors (Lipinski definition) is 5. The van der Waals surface area contributed by atoms with Gasteiger partial charge in [0.25, 0.3) is 5.56 Å². The minimum atomic E-state index is -4.92. The van der Waals surface area contributed by atoms with Gasteiger partial charge in [0.15, 0.2) is 0 Å². The molecular weight excluding hydrogens is 369 g/mol. The van der Waals surface area contributed by atoms with Crippen molar-refractivity contribution in [2.24, 2.45) is 0 Å². The summed E-state index contributed by atoms with van der Waals surface area (Å²) in [5.41, 5.74) is -3.17. The Bertz CT molecular complexity index is 894. The number of aromatic nitrogens is 2. The van der Waals surface area contributed by atoms with Gasteiger partial charge in [0.05, 0.1) is 19.3 Å². The van der Waals surface area contributed by atoms with E-state index in [1.54, 1.807) is 4.98 Å². The second-order valence-electron chi connectivity index (χ2n) is 6.09. The summed E-state index contributed by atoms with van der Waals surface area (Å²) in [6.45, 7) is -0.216. The van der Waals surface area contributed by atoms with Crippen LogP contribution in [0, 0.1) is 0 Å². The summed E-state index contributed by atoms with van der Waals surface area (Å²) in [4.78, 5) is 25.0. The van der Waals surface area contributed by atoms with Crippen molar-refractivity contribution in [1.82, 2.24) is 9.55 Å². The number of aliphatic hydroxyl groups excluding tert-OH is 1. The average Bonchev–Trinajstić information content (AvgIpc) is 3.02. The van der Waals surface area contributed by atoms with Crippen LogP contribution in [-0.4, -0.2) is 33.5 Å². The zero-order valence-electron chi connectivity index (χ0n) is 14.0. The molecular formula is C17H17F3N2O5. The third-order valence-electron chi connectivity index (χ3n) is 4.25. The highest BCUT2D eigenvalue weighted by Crippen LogP contribution is 2.32. The number of aliphatic hydroxyl groups is 1. The molecule has 2 heterocycles. The largest absolute Gasteiger partial charge is 0.423 e. The molecule has 3 atom stereocenters. The van der Waals surface area contributed by atoms with Crippen molar-refractivity contribution in [3.63, 3.8) is 0 Å². The van der Waals surface area contributed by atoms with Gasteiger partial charge in [-0.3, -0.25) is 14.3 Å². The molecule has 0 bridgehead atoms. The van der Waals surface area contributed by atoms with Crippen LogP contribution in [0.25, 0.3) is 0 Å². The highest BCUT2D eigenvalue weighted by atomic mass is 19.4. The Labute approximate surface area is 151 Å². The zero-order valence-corrected chi connectivity index (χ0v) is 14.0. The predicted molar refractivity (Wildman–Crippen MR) is 87.0 cm³/mol. The van der Waals surface area contributed by atoms with E-state index in [1.807, 2.05) is 30.3 Å². The number of benzene rings is 1. The molecule has 2 aromatic rings. The smallest absolute Gasteiger partial charge is 0.394 e. The van der Waals surface area contributed by atoms with Gasteiger partial charge in [-0.15, -0.1) is 0 Å². The van der Waals surface area contributed by atoms with Gasteiger partial charge in [-0.2, -0.15) is 13.2 Å². The molecule has 2 N–H and O–H groups in total. The number of ether oxygens (including phenoxy) is 2. The van der Waals surface area contributed by atoms with Crippen LogP contribution < -0.4 is 11.2 Å². The lowest BCUT2D eigenvalue weighted by atomic mass is 10.1. The maximum Gasteiger partial charge on any atom is 0.423 e. The summed E-state index contributed by atoms with van der Waals surface area (Å²) in [6.07, 6.45) is -6.99. The molecule has 1 aliphatic heterocycles. The predicted octanol–water partition coefficient (Wildman–Crippen LogP) is 1.42. The number of rotatable bonds is 5. The van der Waals surface area contributed by atoms with E-state index in [-0.39, 0.29) is 13.0 Å². The standard InChI is InChI=1S/C17H17F3N2O5/c18-17(19,20)11-7-22(16(25)21-15(11)24)14-6-12(13(8-23)27-14)26-9-10-4-2-1-3-5-10/h1-5,7,12-14,23H,6,8-9H2,(H,21,24,25)/t12?,13-,14-/m0/s1. The summed E-state index contributed by atoms with van der Waals surface area (Å²) in [5.74, 6) is 0. The van der Waals surface area contributed by atoms with Gasteiger partial charge in [0.1, 0.15) is 17.9 Å². The molecule has 0 aliphatic carbocycles. The van der Waals surface area contributed by atoms with Gasteiger partial charge in [-0.1, -0.05) is 30.3 Å². The number of nitrogens with one attached hydrogen (secondary N) is 1. The monoisotopic (exact) mass is 386 g/mol. The molecule has 1 aromatic carbocycles. The summed E-state index contributed by atoms with van der Waals surface area (Å²) in [7, 11) is 0. The van der Waals surface area contributed by atoms with Crippen molar-refractivity contribution in [3.8, 4) is 0 Å². The summed E-state index contributed by atoms with van der Waals surface area (Å²) < 4.78 is 50.7. The van der Waals surface area contributed by atoms with E-state index < -0.39 is 48.0 Å². The van der Waals surface area contributed by atoms with E-state index in [9.17, 15) is 27.9 Å². The third kappa shape index (κ3) is 4.29. The van der Waals surface area contributed by atoms with Crippen molar-refractivity contribution in [2.75, 3.05) is 6.61 Å². The summed E-state index contributed by atoms with van der Waals surface area (Å²) in [5, 5.41) is 9.47. The van der Waals surface area contributed by atoms with Crippen LogP contribution in [0.1, 0.15) is 23.8 Å². The Morgan fingerprint density at radius 2 is 1.96 bits per heavy atom. The van der Waals surface area contributed by atoms with Gasteiger partial charge < -0.3 is 14.6 Å². The van der Waals surface area contributed by atoms with Crippen molar-refractivity contribution in [3.05, 3.63) is 68.5 Å². The fourth-order valence-electron chi connectivity index (χ4n) is 2.89. The maximum absolute atomic E-state index is 12.9. The van der Waals surface area contributed by atoms with Crippen LogP contribution in [0.3, 0.4) is 0 Å². The van der Waals surface area contributed by atoms with E-state index >= 15 is 0 Å². The van der Waals surface area contributed by atoms with Crippen LogP contribution in [0.4, 0.5) is 13.2 Å². The number of aromatic amines is 1. The Morgan fingerprint density at radius 3 is 2.59 bits per heavy atom. The van der Waals surface area contributed by atoms with E-state index in [0.717, 1.165) is 5.56 Å². The Morgan fingerprint density at radius 1 is 1.26 bits per heavy atom. The van der Waals surface area contributed by atoms with Crippen molar-refractivity contribution in [2.45, 2.75) is 37.6 Å². The normalized spacial score (nSPS) is 22.9. The number of hydrogen-bond donors (Lipinski definition) is 2. The third-order valence-corrected chi connectivity index (χ3v) is 4.25. The first kappa shape index (κ1) is 19.3. The molecule has 3 rings (SSSR count). The fourth-order valence-corrected chi connectivity index (χ4v) is 2.89. The first-order chi connectivity index (χ1) is 12.8. The molecule has 7 nitrogen and oxygen atoms in total. The van der Waals surface area contributed by atoms with E-state index in [2.05, 4.69) is 0 Å². The van der Waals surface area contributed by atoms with E-state index in [0.29, 0.717) is 10.8 Å². The second-order valence-corrected chi connectivity index (χ2v) is 6.09. The molecule has 1 aromatic heterocycles. The molecule has 1 saturated heterocycles. The molecule has 1 fully saturated rings. The first-order valence-electron chi connectivity index (χ1n) is 8.14. The SMILES string of the molecule is O=c1[nH]c(=O)n([C@@H]2CC(OCc3ccccc3)[C@H](CO)O2)cc1C(F)(F)F. The topological polar surface area (TPSA) is 93.6 Å². The summed E-state index contributed by atoms with van der Waals surface area (Å²) in [6, 6.07) is 9.17. The lowest BCUT2D eigenvalue weighted by Gasteiger charge is -2.16. The van der Waals surface area contributed by atoms with Gasteiger partial charge >= 0.3 is 11.9 Å². The minimum absolute atomic E-state index is 0.0430. The van der Waals surface area contributed by atoms with E-state index in [1.165, 1.54) is 0 Å². The second kappa shape index (κ2) is 7.67. The van der Waals surface area contributed by atoms with Crippen LogP contribution in [0.15, 0.2) is 46.1 Å². The summed E-state index contributed by atoms with van der Waals surface area (Å²) >= 11 is 0. The van der Waals surface area contributed by atoms with E-state index in [4.69, 9.17) is 9.47 Å². The van der Waals surface area contributed by atoms with Gasteiger partial charge in [0, 0.05) is 12.6 Å². The molecule has 10 heteroatoms. The molecule has 27 heavy (non-hydrogen) atoms. The van der Waals surface area contributed by atoms with Crippen molar-refractivity contribution < 1.29 is 27.8 Å². The van der Waals surface area contributed by atoms with Crippen LogP contribution in [0.5, 0.6) is 0 Å². The van der Waals surface area contributed by atoms with Gasteiger partial charge in [-0.25, -0.2) is 4.79 Å².